The Hall–Kier alpha value is 0.310. The van der Waals surface area contributed by atoms with Gasteiger partial charge in [-0.3, -0.25) is 0 Å². The number of hydrogen-bond donors (Lipinski definition) is 1. The molecule has 0 bridgehead atoms. The predicted octanol–water partition coefficient (Wildman–Crippen LogP) is 0.975. The van der Waals surface area contributed by atoms with Crippen molar-refractivity contribution < 1.29 is 0 Å². The van der Waals surface area contributed by atoms with Crippen LogP contribution in [0.15, 0.2) is 0 Å². The molecule has 0 radical (unpaired) electrons. The highest BCUT2D eigenvalue weighted by Crippen LogP contribution is 2.59. The van der Waals surface area contributed by atoms with Gasteiger partial charge in [-0.15, -0.1) is 0 Å². The molecule has 54 valence electrons. The molecule has 0 aromatic carbocycles. The quantitative estimate of drug-likeness (QED) is 0.535. The Labute approximate surface area is 63.7 Å². The standard InChI is InChI=1S/C7H13N.H2S/c1-7(2)5-3-8-4-6(5)7;/h5-6,8H,3-4H2,1-2H3;1H2/t5-,6+;. The summed E-state index contributed by atoms with van der Waals surface area (Å²) in [5.41, 5.74) is 0.700. The maximum Gasteiger partial charge on any atom is -0.00118 e. The molecular formula is C7H15NS. The topological polar surface area (TPSA) is 12.0 Å². The van der Waals surface area contributed by atoms with Crippen molar-refractivity contribution in [2.24, 2.45) is 17.3 Å². The third-order valence-electron chi connectivity index (χ3n) is 3.02. The van der Waals surface area contributed by atoms with Gasteiger partial charge in [0.15, 0.2) is 0 Å². The molecule has 0 amide bonds. The van der Waals surface area contributed by atoms with E-state index in [0.717, 1.165) is 11.8 Å². The van der Waals surface area contributed by atoms with Crippen LogP contribution >= 0.6 is 13.5 Å². The van der Waals surface area contributed by atoms with Crippen LogP contribution in [0.25, 0.3) is 0 Å². The fraction of sp³-hybridized carbons (Fsp3) is 1.00. The van der Waals surface area contributed by atoms with Crippen LogP contribution in [0.2, 0.25) is 0 Å². The van der Waals surface area contributed by atoms with Crippen LogP contribution in [0.4, 0.5) is 0 Å². The van der Waals surface area contributed by atoms with E-state index >= 15 is 0 Å². The van der Waals surface area contributed by atoms with Gasteiger partial charge in [0.25, 0.3) is 0 Å². The first-order valence-corrected chi connectivity index (χ1v) is 3.43. The van der Waals surface area contributed by atoms with E-state index in [-0.39, 0.29) is 13.5 Å². The van der Waals surface area contributed by atoms with E-state index in [4.69, 9.17) is 0 Å². The van der Waals surface area contributed by atoms with Gasteiger partial charge in [-0.05, 0) is 30.3 Å². The minimum atomic E-state index is 0. The summed E-state index contributed by atoms with van der Waals surface area (Å²) in [5.74, 6) is 2.03. The second kappa shape index (κ2) is 1.89. The van der Waals surface area contributed by atoms with Gasteiger partial charge in [-0.25, -0.2) is 0 Å². The summed E-state index contributed by atoms with van der Waals surface area (Å²) < 4.78 is 0. The number of fused-ring (bicyclic) bond motifs is 1. The van der Waals surface area contributed by atoms with Gasteiger partial charge in [0, 0.05) is 0 Å². The van der Waals surface area contributed by atoms with Crippen LogP contribution in [0.3, 0.4) is 0 Å². The Bertz CT molecular complexity index is 110. The van der Waals surface area contributed by atoms with Crippen molar-refractivity contribution >= 4 is 13.5 Å². The molecule has 0 spiro atoms. The van der Waals surface area contributed by atoms with Gasteiger partial charge in [-0.2, -0.15) is 13.5 Å². The van der Waals surface area contributed by atoms with Crippen LogP contribution in [0.5, 0.6) is 0 Å². The largest absolute Gasteiger partial charge is 0.316 e. The summed E-state index contributed by atoms with van der Waals surface area (Å²) in [6.45, 7) is 7.31. The van der Waals surface area contributed by atoms with E-state index in [2.05, 4.69) is 19.2 Å². The normalized spacial score (nSPS) is 43.3. The van der Waals surface area contributed by atoms with Crippen molar-refractivity contribution in [2.75, 3.05) is 13.1 Å². The van der Waals surface area contributed by atoms with Crippen LogP contribution in [0.1, 0.15) is 13.8 Å². The number of hydrogen-bond acceptors (Lipinski definition) is 1. The highest BCUT2D eigenvalue weighted by molar-refractivity contribution is 7.59. The average Bonchev–Trinajstić information content (AvgIpc) is 2.22. The molecule has 1 N–H and O–H groups in total. The molecule has 1 aliphatic heterocycles. The molecule has 2 heteroatoms. The number of nitrogens with one attached hydrogen (secondary N) is 1. The van der Waals surface area contributed by atoms with Crippen molar-refractivity contribution in [1.29, 1.82) is 0 Å². The summed E-state index contributed by atoms with van der Waals surface area (Å²) in [7, 11) is 0. The van der Waals surface area contributed by atoms with Crippen molar-refractivity contribution in [2.45, 2.75) is 13.8 Å². The lowest BCUT2D eigenvalue weighted by molar-refractivity contribution is 0.475. The highest BCUT2D eigenvalue weighted by atomic mass is 32.1. The number of piperidine rings is 1. The molecule has 2 aliphatic rings. The van der Waals surface area contributed by atoms with E-state index in [1.165, 1.54) is 13.1 Å². The van der Waals surface area contributed by atoms with E-state index in [0.29, 0.717) is 5.41 Å². The summed E-state index contributed by atoms with van der Waals surface area (Å²) in [4.78, 5) is 0. The molecule has 1 aliphatic carbocycles. The van der Waals surface area contributed by atoms with E-state index in [9.17, 15) is 0 Å². The molecule has 1 saturated carbocycles. The molecule has 9 heavy (non-hydrogen) atoms. The van der Waals surface area contributed by atoms with E-state index < -0.39 is 0 Å². The second-order valence-corrected chi connectivity index (χ2v) is 3.69. The second-order valence-electron chi connectivity index (χ2n) is 3.69. The zero-order valence-electron chi connectivity index (χ0n) is 6.07. The van der Waals surface area contributed by atoms with Crippen molar-refractivity contribution in [3.63, 3.8) is 0 Å². The first kappa shape index (κ1) is 7.42. The molecule has 1 saturated heterocycles. The molecule has 2 rings (SSSR count). The maximum absolute atomic E-state index is 3.38. The third-order valence-corrected chi connectivity index (χ3v) is 3.02. The van der Waals surface area contributed by atoms with Gasteiger partial charge in [-0.1, -0.05) is 13.8 Å². The zero-order valence-corrected chi connectivity index (χ0v) is 7.07. The molecule has 0 aromatic heterocycles. The molecule has 1 heterocycles. The van der Waals surface area contributed by atoms with E-state index in [1.807, 2.05) is 0 Å². The van der Waals surface area contributed by atoms with E-state index in [1.54, 1.807) is 0 Å². The first-order chi connectivity index (χ1) is 3.73. The Balaban J connectivity index is 0.000000405. The Morgan fingerprint density at radius 2 is 1.67 bits per heavy atom. The van der Waals surface area contributed by atoms with Crippen molar-refractivity contribution in [3.05, 3.63) is 0 Å². The molecule has 0 aromatic rings. The molecular weight excluding hydrogens is 130 g/mol. The first-order valence-electron chi connectivity index (χ1n) is 3.43. The lowest BCUT2D eigenvalue weighted by atomic mass is 10.1. The minimum absolute atomic E-state index is 0. The molecule has 2 fully saturated rings. The maximum atomic E-state index is 3.38. The summed E-state index contributed by atoms with van der Waals surface area (Å²) >= 11 is 0. The van der Waals surface area contributed by atoms with Gasteiger partial charge in [0.05, 0.1) is 0 Å². The minimum Gasteiger partial charge on any atom is -0.316 e. The lowest BCUT2D eigenvalue weighted by Gasteiger charge is -2.06. The Morgan fingerprint density at radius 3 is 1.89 bits per heavy atom. The Morgan fingerprint density at radius 1 is 1.22 bits per heavy atom. The summed E-state index contributed by atoms with van der Waals surface area (Å²) in [6.07, 6.45) is 0. The average molecular weight is 145 g/mol. The van der Waals surface area contributed by atoms with Crippen molar-refractivity contribution in [1.82, 2.24) is 5.32 Å². The third kappa shape index (κ3) is 0.802. The number of rotatable bonds is 0. The summed E-state index contributed by atoms with van der Waals surface area (Å²) in [6, 6.07) is 0. The van der Waals surface area contributed by atoms with Gasteiger partial charge >= 0.3 is 0 Å². The molecule has 1 nitrogen and oxygen atoms in total. The summed E-state index contributed by atoms with van der Waals surface area (Å²) in [5, 5.41) is 3.38. The van der Waals surface area contributed by atoms with Crippen molar-refractivity contribution in [3.8, 4) is 0 Å². The fourth-order valence-corrected chi connectivity index (χ4v) is 2.06. The Kier molecular flexibility index (Phi) is 1.56. The SMILES string of the molecule is CC1(C)[C@@H]2CNC[C@@H]21.S. The highest BCUT2D eigenvalue weighted by Gasteiger charge is 2.59. The predicted molar refractivity (Wildman–Crippen MR) is 44.0 cm³/mol. The van der Waals surface area contributed by atoms with Crippen LogP contribution in [-0.2, 0) is 0 Å². The van der Waals surface area contributed by atoms with Crippen LogP contribution < -0.4 is 5.32 Å². The lowest BCUT2D eigenvalue weighted by Crippen LogP contribution is -2.17. The smallest absolute Gasteiger partial charge is 0.00118 e. The monoisotopic (exact) mass is 145 g/mol. The fourth-order valence-electron chi connectivity index (χ4n) is 2.06. The zero-order chi connectivity index (χ0) is 5.78. The molecule has 2 atom stereocenters. The van der Waals surface area contributed by atoms with Crippen LogP contribution in [0, 0.1) is 17.3 Å². The van der Waals surface area contributed by atoms with Crippen LogP contribution in [-0.4, -0.2) is 13.1 Å². The molecule has 0 unspecified atom stereocenters. The van der Waals surface area contributed by atoms with Gasteiger partial charge < -0.3 is 5.32 Å². The van der Waals surface area contributed by atoms with Gasteiger partial charge in [0.1, 0.15) is 0 Å². The van der Waals surface area contributed by atoms with Gasteiger partial charge in [0.2, 0.25) is 0 Å².